The monoisotopic (exact) mass is 280 g/mol. The quantitative estimate of drug-likeness (QED) is 0.722. The number of hydrogen-bond acceptors (Lipinski definition) is 4. The molecule has 1 spiro atoms. The van der Waals surface area contributed by atoms with Crippen LogP contribution in [0.15, 0.2) is 0 Å². The Hall–Kier alpha value is -1.14. The minimum absolute atomic E-state index is 0.0130. The first-order valence-corrected chi connectivity index (χ1v) is 7.78. The number of nitrogens with one attached hydrogen (secondary N) is 2. The van der Waals surface area contributed by atoms with Crippen molar-refractivity contribution in [3.8, 4) is 0 Å². The van der Waals surface area contributed by atoms with Crippen LogP contribution in [0.3, 0.4) is 0 Å². The molecule has 3 saturated heterocycles. The second-order valence-corrected chi connectivity index (χ2v) is 6.12. The Labute approximate surface area is 119 Å². The van der Waals surface area contributed by atoms with Crippen molar-refractivity contribution in [2.24, 2.45) is 0 Å². The van der Waals surface area contributed by atoms with Crippen molar-refractivity contribution in [2.45, 2.75) is 37.6 Å². The summed E-state index contributed by atoms with van der Waals surface area (Å²) in [4.78, 5) is 28.4. The van der Waals surface area contributed by atoms with Gasteiger partial charge in [-0.05, 0) is 51.9 Å². The maximum absolute atomic E-state index is 12.6. The van der Waals surface area contributed by atoms with Crippen LogP contribution in [0.5, 0.6) is 0 Å². The van der Waals surface area contributed by atoms with E-state index in [0.29, 0.717) is 19.4 Å². The van der Waals surface area contributed by atoms with Crippen LogP contribution in [0.4, 0.5) is 4.79 Å². The van der Waals surface area contributed by atoms with E-state index in [9.17, 15) is 9.59 Å². The maximum atomic E-state index is 12.6. The van der Waals surface area contributed by atoms with E-state index in [1.54, 1.807) is 0 Å². The van der Waals surface area contributed by atoms with Gasteiger partial charge in [-0.3, -0.25) is 9.69 Å². The summed E-state index contributed by atoms with van der Waals surface area (Å²) in [6, 6.07) is -0.200. The van der Waals surface area contributed by atoms with Gasteiger partial charge >= 0.3 is 6.03 Å². The number of carbonyl (C=O) groups is 2. The van der Waals surface area contributed by atoms with Crippen molar-refractivity contribution in [3.63, 3.8) is 0 Å². The fourth-order valence-electron chi connectivity index (χ4n) is 3.50. The third kappa shape index (κ3) is 2.54. The summed E-state index contributed by atoms with van der Waals surface area (Å²) in [5, 5.41) is 6.18. The number of rotatable bonds is 3. The SMILES string of the molecule is O=C1NC2(CCNCC2)C(=O)N1CCN1CCCCC1. The van der Waals surface area contributed by atoms with E-state index in [1.807, 2.05) is 0 Å². The first kappa shape index (κ1) is 13.8. The van der Waals surface area contributed by atoms with Gasteiger partial charge in [-0.1, -0.05) is 6.42 Å². The molecule has 3 rings (SSSR count). The molecule has 3 fully saturated rings. The third-order valence-electron chi connectivity index (χ3n) is 4.79. The molecule has 0 aromatic heterocycles. The maximum Gasteiger partial charge on any atom is 0.325 e. The highest BCUT2D eigenvalue weighted by Crippen LogP contribution is 2.26. The van der Waals surface area contributed by atoms with Crippen molar-refractivity contribution in [3.05, 3.63) is 0 Å². The van der Waals surface area contributed by atoms with Crippen LogP contribution in [-0.4, -0.2) is 66.5 Å². The van der Waals surface area contributed by atoms with Gasteiger partial charge in [0.1, 0.15) is 5.54 Å². The number of amides is 3. The first-order valence-electron chi connectivity index (χ1n) is 7.78. The molecule has 0 unspecified atom stereocenters. The molecule has 112 valence electrons. The van der Waals surface area contributed by atoms with Crippen molar-refractivity contribution in [1.29, 1.82) is 0 Å². The van der Waals surface area contributed by atoms with Crippen LogP contribution in [0.25, 0.3) is 0 Å². The highest BCUT2D eigenvalue weighted by atomic mass is 16.2. The van der Waals surface area contributed by atoms with E-state index in [1.165, 1.54) is 24.2 Å². The fourth-order valence-corrected chi connectivity index (χ4v) is 3.50. The summed E-state index contributed by atoms with van der Waals surface area (Å²) in [6.07, 6.45) is 5.18. The number of carbonyl (C=O) groups excluding carboxylic acids is 2. The largest absolute Gasteiger partial charge is 0.325 e. The molecule has 3 heterocycles. The zero-order valence-corrected chi connectivity index (χ0v) is 12.0. The number of urea groups is 1. The van der Waals surface area contributed by atoms with Crippen LogP contribution in [0.1, 0.15) is 32.1 Å². The molecule has 0 aliphatic carbocycles. The lowest BCUT2D eigenvalue weighted by molar-refractivity contribution is -0.132. The minimum atomic E-state index is -0.621. The molecule has 3 aliphatic heterocycles. The molecule has 20 heavy (non-hydrogen) atoms. The minimum Gasteiger partial charge on any atom is -0.323 e. The number of imide groups is 1. The summed E-state index contributed by atoms with van der Waals surface area (Å²) >= 11 is 0. The zero-order valence-electron chi connectivity index (χ0n) is 12.0. The van der Waals surface area contributed by atoms with Gasteiger partial charge in [0.2, 0.25) is 0 Å². The van der Waals surface area contributed by atoms with Gasteiger partial charge in [0, 0.05) is 13.1 Å². The van der Waals surface area contributed by atoms with Gasteiger partial charge < -0.3 is 15.5 Å². The molecule has 2 N–H and O–H groups in total. The normalized spacial score (nSPS) is 27.1. The Morgan fingerprint density at radius 2 is 1.70 bits per heavy atom. The topological polar surface area (TPSA) is 64.7 Å². The molecular formula is C14H24N4O2. The van der Waals surface area contributed by atoms with E-state index >= 15 is 0 Å². The highest BCUT2D eigenvalue weighted by Gasteiger charge is 2.51. The van der Waals surface area contributed by atoms with Crippen molar-refractivity contribution in [2.75, 3.05) is 39.3 Å². The summed E-state index contributed by atoms with van der Waals surface area (Å²) in [5.74, 6) is -0.0130. The van der Waals surface area contributed by atoms with Gasteiger partial charge in [-0.2, -0.15) is 0 Å². The van der Waals surface area contributed by atoms with E-state index < -0.39 is 5.54 Å². The van der Waals surface area contributed by atoms with Crippen LogP contribution in [0.2, 0.25) is 0 Å². The molecule has 0 aromatic rings. The smallest absolute Gasteiger partial charge is 0.323 e. The van der Waals surface area contributed by atoms with E-state index in [4.69, 9.17) is 0 Å². The van der Waals surface area contributed by atoms with Crippen molar-refractivity contribution in [1.82, 2.24) is 20.4 Å². The predicted octanol–water partition coefficient (Wildman–Crippen LogP) is 0.146. The lowest BCUT2D eigenvalue weighted by atomic mass is 9.88. The molecule has 3 amide bonds. The Morgan fingerprint density at radius 1 is 1.00 bits per heavy atom. The van der Waals surface area contributed by atoms with Crippen molar-refractivity contribution >= 4 is 11.9 Å². The number of hydrogen-bond donors (Lipinski definition) is 2. The number of piperidine rings is 2. The average Bonchev–Trinajstić information content (AvgIpc) is 2.70. The van der Waals surface area contributed by atoms with Crippen LogP contribution in [-0.2, 0) is 4.79 Å². The molecule has 0 bridgehead atoms. The predicted molar refractivity (Wildman–Crippen MR) is 75.4 cm³/mol. The number of likely N-dealkylation sites (tertiary alicyclic amines) is 1. The highest BCUT2D eigenvalue weighted by molar-refractivity contribution is 6.07. The molecule has 6 nitrogen and oxygen atoms in total. The first-order chi connectivity index (χ1) is 9.71. The van der Waals surface area contributed by atoms with E-state index in [-0.39, 0.29) is 11.9 Å². The molecule has 0 aromatic carbocycles. The van der Waals surface area contributed by atoms with Crippen molar-refractivity contribution < 1.29 is 9.59 Å². The Kier molecular flexibility index (Phi) is 3.94. The second kappa shape index (κ2) is 5.69. The molecular weight excluding hydrogens is 256 g/mol. The summed E-state index contributed by atoms with van der Waals surface area (Å²) in [5.41, 5.74) is -0.621. The molecule has 0 radical (unpaired) electrons. The zero-order chi connectivity index (χ0) is 14.0. The van der Waals surface area contributed by atoms with Gasteiger partial charge in [-0.15, -0.1) is 0 Å². The van der Waals surface area contributed by atoms with E-state index in [0.717, 1.165) is 32.7 Å². The van der Waals surface area contributed by atoms with Crippen LogP contribution >= 0.6 is 0 Å². The molecule has 0 atom stereocenters. The molecule has 3 aliphatic rings. The lowest BCUT2D eigenvalue weighted by Gasteiger charge is -2.31. The van der Waals surface area contributed by atoms with Crippen LogP contribution < -0.4 is 10.6 Å². The Morgan fingerprint density at radius 3 is 2.40 bits per heavy atom. The van der Waals surface area contributed by atoms with Gasteiger partial charge in [-0.25, -0.2) is 4.79 Å². The number of nitrogens with zero attached hydrogens (tertiary/aromatic N) is 2. The Balaban J connectivity index is 1.58. The fraction of sp³-hybridized carbons (Fsp3) is 0.857. The van der Waals surface area contributed by atoms with Gasteiger partial charge in [0.25, 0.3) is 5.91 Å². The molecule has 0 saturated carbocycles. The summed E-state index contributed by atoms with van der Waals surface area (Å²) in [6.45, 7) is 5.13. The summed E-state index contributed by atoms with van der Waals surface area (Å²) < 4.78 is 0. The van der Waals surface area contributed by atoms with Crippen LogP contribution in [0, 0.1) is 0 Å². The second-order valence-electron chi connectivity index (χ2n) is 6.12. The average molecular weight is 280 g/mol. The van der Waals surface area contributed by atoms with Gasteiger partial charge in [0.05, 0.1) is 0 Å². The van der Waals surface area contributed by atoms with E-state index in [2.05, 4.69) is 15.5 Å². The van der Waals surface area contributed by atoms with Gasteiger partial charge in [0.15, 0.2) is 0 Å². The summed E-state index contributed by atoms with van der Waals surface area (Å²) in [7, 11) is 0. The standard InChI is InChI=1S/C14H24N4O2/c19-12-14(4-6-15-7-5-14)16-13(20)18(12)11-10-17-8-2-1-3-9-17/h15H,1-11H2,(H,16,20). The molecule has 6 heteroatoms. The lowest BCUT2D eigenvalue weighted by Crippen LogP contribution is -2.54. The third-order valence-corrected chi connectivity index (χ3v) is 4.79. The Bertz CT molecular complexity index is 387.